The zero-order valence-corrected chi connectivity index (χ0v) is 77.8. The summed E-state index contributed by atoms with van der Waals surface area (Å²) in [5, 5.41) is 0. The van der Waals surface area contributed by atoms with Crippen LogP contribution < -0.4 is 19.6 Å². The van der Waals surface area contributed by atoms with Gasteiger partial charge in [0.2, 0.25) is 0 Å². The molecule has 0 radical (unpaired) electrons. The zero-order valence-electron chi connectivity index (χ0n) is 76.1. The molecule has 0 spiro atoms. The van der Waals surface area contributed by atoms with Gasteiger partial charge in [0.1, 0.15) is 0 Å². The molecule has 0 saturated carbocycles. The maximum atomic E-state index is 2.40. The molecule has 0 fully saturated rings. The average Bonchev–Trinajstić information content (AvgIpc) is 1.78. The van der Waals surface area contributed by atoms with Gasteiger partial charge in [0.15, 0.2) is 0 Å². The third kappa shape index (κ3) is 18.5. The molecule has 0 amide bonds. The van der Waals surface area contributed by atoms with Crippen LogP contribution in [0.3, 0.4) is 0 Å². The summed E-state index contributed by atoms with van der Waals surface area (Å²) in [7, 11) is 0. The van der Waals surface area contributed by atoms with Crippen LogP contribution in [-0.4, -0.2) is 0 Å². The molecular weight excluding hydrogens is 1690 g/mol. The molecule has 2 aromatic heterocycles. The minimum absolute atomic E-state index is 0.920. The lowest BCUT2D eigenvalue weighted by atomic mass is 9.97. The maximum Gasteiger partial charge on any atom is 0.0462 e. The molecule has 137 heavy (non-hydrogen) atoms. The summed E-state index contributed by atoms with van der Waals surface area (Å²) in [6.45, 7) is 4.51. The van der Waals surface area contributed by atoms with Gasteiger partial charge in [-0.25, -0.2) is 0 Å². The van der Waals surface area contributed by atoms with Gasteiger partial charge in [-0.15, -0.1) is 22.7 Å². The smallest absolute Gasteiger partial charge is 0.0462 e. The van der Waals surface area contributed by atoms with Crippen LogP contribution in [0.1, 0.15) is 18.1 Å². The van der Waals surface area contributed by atoms with E-state index in [-0.39, 0.29) is 0 Å². The van der Waals surface area contributed by atoms with Crippen molar-refractivity contribution >= 4 is 90.9 Å². The molecule has 652 valence electrons. The summed E-state index contributed by atoms with van der Waals surface area (Å²) in [6.07, 6.45) is 0.920. The second kappa shape index (κ2) is 39.0. The fourth-order valence-corrected chi connectivity index (χ4v) is 21.2. The first-order valence-corrected chi connectivity index (χ1v) is 48.6. The highest BCUT2D eigenvalue weighted by Gasteiger charge is 2.23. The Morgan fingerprint density at radius 3 is 0.467 bits per heavy atom. The Kier molecular flexibility index (Phi) is 24.4. The number of thiophene rings is 2. The molecular formula is C131H96N4S2. The lowest BCUT2D eigenvalue weighted by molar-refractivity contribution is 1.16. The molecule has 0 aliphatic rings. The molecule has 4 nitrogen and oxygen atoms in total. The van der Waals surface area contributed by atoms with Crippen LogP contribution in [0.4, 0.5) is 68.2 Å². The van der Waals surface area contributed by atoms with Gasteiger partial charge in [-0.1, -0.05) is 383 Å². The molecule has 6 heteroatoms. The van der Waals surface area contributed by atoms with Crippen LogP contribution in [0.5, 0.6) is 0 Å². The van der Waals surface area contributed by atoms with Crippen LogP contribution >= 0.6 is 22.7 Å². The van der Waals surface area contributed by atoms with Gasteiger partial charge in [0, 0.05) is 87.8 Å². The van der Waals surface area contributed by atoms with Crippen molar-refractivity contribution in [2.75, 3.05) is 19.6 Å². The second-order valence-electron chi connectivity index (χ2n) is 34.7. The minimum atomic E-state index is 0.920. The number of aryl methyl sites for hydroxylation is 2. The topological polar surface area (TPSA) is 13.0 Å². The molecule has 0 atom stereocenters. The Morgan fingerprint density at radius 1 is 0.146 bits per heavy atom. The van der Waals surface area contributed by atoms with Gasteiger partial charge in [-0.2, -0.15) is 0 Å². The number of hydrogen-bond donors (Lipinski definition) is 0. The third-order valence-corrected chi connectivity index (χ3v) is 28.7. The summed E-state index contributed by atoms with van der Waals surface area (Å²) < 4.78 is 0. The van der Waals surface area contributed by atoms with E-state index in [0.717, 1.165) is 108 Å². The molecule has 0 aliphatic heterocycles. The first-order valence-electron chi connectivity index (χ1n) is 46.9. The quantitative estimate of drug-likeness (QED) is 0.0536. The van der Waals surface area contributed by atoms with Gasteiger partial charge in [-0.05, 0) is 305 Å². The molecule has 0 aliphatic carbocycles. The van der Waals surface area contributed by atoms with Crippen molar-refractivity contribution in [1.82, 2.24) is 0 Å². The molecule has 0 N–H and O–H groups in total. The van der Waals surface area contributed by atoms with Gasteiger partial charge >= 0.3 is 0 Å². The number of hydrogen-bond acceptors (Lipinski definition) is 6. The van der Waals surface area contributed by atoms with Crippen LogP contribution in [0.15, 0.2) is 534 Å². The Labute approximate surface area is 811 Å². The van der Waals surface area contributed by atoms with Crippen molar-refractivity contribution in [3.8, 4) is 142 Å². The third-order valence-electron chi connectivity index (χ3n) is 26.1. The predicted octanol–water partition coefficient (Wildman–Crippen LogP) is 38.2. The highest BCUT2D eigenvalue weighted by atomic mass is 32.1. The van der Waals surface area contributed by atoms with E-state index in [4.69, 9.17) is 0 Å². The number of rotatable bonds is 26. The number of nitrogens with zero attached hydrogens (tertiary/aromatic N) is 4. The zero-order chi connectivity index (χ0) is 91.8. The van der Waals surface area contributed by atoms with Crippen molar-refractivity contribution in [3.05, 3.63) is 545 Å². The molecule has 22 rings (SSSR count). The highest BCUT2D eigenvalue weighted by molar-refractivity contribution is 7.19. The first kappa shape index (κ1) is 85.5. The lowest BCUT2D eigenvalue weighted by Crippen LogP contribution is -2.09. The maximum absolute atomic E-state index is 2.40. The SMILES string of the molecule is CCc1cc(-c2ccc(N(c3ccc(-c4ccccc4)cc3)c3ccc(-c4ccccc4)cc3)cc2)sc1-c1ccc(N(c2ccc(-c3ccccc3)cc2)c2ccc(-c3ccc(-c4ccc(-c5ccc(N(c6ccc(-c7ccccc7)cc6)c6ccc(-c7sc(-c8ccc(N(c9ccc(-c%10ccccc%10)cc9)c9ccc(-c%10ccccc%10)cc9)cc8)cc7C)cc6)cc5)cc4)cc3)cc2)cc1. The molecule has 22 aromatic rings. The summed E-state index contributed by atoms with van der Waals surface area (Å²) in [4.78, 5) is 14.5. The second-order valence-corrected chi connectivity index (χ2v) is 36.8. The van der Waals surface area contributed by atoms with Crippen LogP contribution in [0, 0.1) is 6.92 Å². The first-order chi connectivity index (χ1) is 67.7. The van der Waals surface area contributed by atoms with E-state index in [1.54, 1.807) is 0 Å². The van der Waals surface area contributed by atoms with E-state index in [9.17, 15) is 0 Å². The fraction of sp³-hybridized carbons (Fsp3) is 0.0229. The predicted molar refractivity (Wildman–Crippen MR) is 586 cm³/mol. The van der Waals surface area contributed by atoms with Crippen molar-refractivity contribution in [3.63, 3.8) is 0 Å². The minimum Gasteiger partial charge on any atom is -0.311 e. The Hall–Kier alpha value is -17.0. The summed E-state index contributed by atoms with van der Waals surface area (Å²) in [6, 6.07) is 195. The van der Waals surface area contributed by atoms with Gasteiger partial charge in [0.25, 0.3) is 0 Å². The summed E-state index contributed by atoms with van der Waals surface area (Å²) >= 11 is 3.72. The largest absolute Gasteiger partial charge is 0.311 e. The molecule has 2 heterocycles. The molecule has 0 unspecified atom stereocenters. The van der Waals surface area contributed by atoms with Crippen molar-refractivity contribution in [2.45, 2.75) is 20.3 Å². The van der Waals surface area contributed by atoms with E-state index >= 15 is 0 Å². The average molecular weight is 1790 g/mol. The van der Waals surface area contributed by atoms with Crippen LogP contribution in [-0.2, 0) is 6.42 Å². The fourth-order valence-electron chi connectivity index (χ4n) is 18.8. The Bertz CT molecular complexity index is 7640. The number of benzene rings is 20. The van der Waals surface area contributed by atoms with Gasteiger partial charge < -0.3 is 19.6 Å². The molecule has 20 aromatic carbocycles. The van der Waals surface area contributed by atoms with E-state index in [1.807, 2.05) is 22.7 Å². The monoisotopic (exact) mass is 1790 g/mol. The number of anilines is 12. The van der Waals surface area contributed by atoms with E-state index < -0.39 is 0 Å². The standard InChI is InChI=1S/C131H96N4S2/c1-3-93-91-129(113-60-84-125(85-61-113)133(118-70-46-106(47-71-118)96-26-14-6-15-27-96)119-72-48-107(49-73-119)97-28-16-7-17-29-97)137-131(93)115-64-88-127(89-65-115)135(121-76-52-109(53-77-121)99-32-20-9-21-33-99)123-80-56-111(57-81-123)103-40-36-101(37-41-103)100-34-38-102(39-35-100)110-54-78-122(79-55-110)134(120-74-50-108(51-75-120)98-30-18-8-19-31-98)126-86-62-114(63-87-126)130-92(2)90-128(136-130)112-58-82-124(83-59-112)132(116-66-42-104(43-67-116)94-22-10-4-11-23-94)117-68-44-105(45-69-117)95-24-12-5-13-25-95/h4-91H,3H2,1-2H3. The Balaban J connectivity index is 0.491. The van der Waals surface area contributed by atoms with E-state index in [0.29, 0.717) is 0 Å². The van der Waals surface area contributed by atoms with Crippen LogP contribution in [0.25, 0.3) is 142 Å². The van der Waals surface area contributed by atoms with Gasteiger partial charge in [0.05, 0.1) is 0 Å². The van der Waals surface area contributed by atoms with E-state index in [1.165, 1.54) is 120 Å². The van der Waals surface area contributed by atoms with Gasteiger partial charge in [-0.3, -0.25) is 0 Å². The van der Waals surface area contributed by atoms with Crippen LogP contribution in [0.2, 0.25) is 0 Å². The highest BCUT2D eigenvalue weighted by Crippen LogP contribution is 2.48. The van der Waals surface area contributed by atoms with Crippen molar-refractivity contribution < 1.29 is 0 Å². The Morgan fingerprint density at radius 2 is 0.285 bits per heavy atom. The van der Waals surface area contributed by atoms with Crippen molar-refractivity contribution in [2.24, 2.45) is 0 Å². The van der Waals surface area contributed by atoms with Crippen molar-refractivity contribution in [1.29, 1.82) is 0 Å². The molecule has 0 bridgehead atoms. The normalized spacial score (nSPS) is 11.2. The lowest BCUT2D eigenvalue weighted by Gasteiger charge is -2.26. The van der Waals surface area contributed by atoms with E-state index in [2.05, 4.69) is 567 Å². The molecule has 0 saturated heterocycles. The summed E-state index contributed by atoms with van der Waals surface area (Å²) in [5.41, 5.74) is 41.6. The summed E-state index contributed by atoms with van der Waals surface area (Å²) in [5.74, 6) is 0.